The van der Waals surface area contributed by atoms with E-state index in [2.05, 4.69) is 12.2 Å². The topological polar surface area (TPSA) is 122 Å². The lowest BCUT2D eigenvalue weighted by atomic mass is 9.99. The minimum Gasteiger partial charge on any atom is -0.444 e. The molecule has 0 saturated heterocycles. The van der Waals surface area contributed by atoms with Gasteiger partial charge in [0, 0.05) is 0 Å². The maximum absolute atomic E-state index is 12.6. The number of rotatable bonds is 20. The number of aliphatic hydroxyl groups excluding tert-OH is 2. The summed E-state index contributed by atoms with van der Waals surface area (Å²) in [7, 11) is -4.13. The van der Waals surface area contributed by atoms with Crippen molar-refractivity contribution in [2.45, 2.75) is 147 Å². The maximum atomic E-state index is 12.6. The van der Waals surface area contributed by atoms with E-state index in [4.69, 9.17) is 8.92 Å². The molecule has 0 heterocycles. The number of nitrogens with one attached hydrogen (secondary N) is 1. The fourth-order valence-corrected chi connectivity index (χ4v) is 5.19. The molecule has 0 saturated carbocycles. The van der Waals surface area contributed by atoms with Crippen LogP contribution < -0.4 is 5.32 Å². The number of aliphatic hydroxyl groups is 2. The molecule has 39 heavy (non-hydrogen) atoms. The maximum Gasteiger partial charge on any atom is 0.408 e. The summed E-state index contributed by atoms with van der Waals surface area (Å²) in [4.78, 5) is 12.3. The second-order valence-electron chi connectivity index (χ2n) is 11.5. The molecule has 1 rings (SSSR count). The summed E-state index contributed by atoms with van der Waals surface area (Å²) in [5, 5.41) is 23.9. The van der Waals surface area contributed by atoms with Gasteiger partial charge in [0.25, 0.3) is 10.1 Å². The van der Waals surface area contributed by atoms with E-state index in [0.717, 1.165) is 31.2 Å². The van der Waals surface area contributed by atoms with E-state index in [0.29, 0.717) is 6.42 Å². The Bertz CT molecular complexity index is 897. The molecule has 0 aliphatic heterocycles. The Labute approximate surface area is 237 Å². The number of carbonyl (C=O) groups is 1. The van der Waals surface area contributed by atoms with Gasteiger partial charge in [0.15, 0.2) is 0 Å². The van der Waals surface area contributed by atoms with E-state index in [-0.39, 0.29) is 4.90 Å². The van der Waals surface area contributed by atoms with Gasteiger partial charge in [0.05, 0.1) is 23.6 Å². The fraction of sp³-hybridized carbons (Fsp3) is 0.767. The van der Waals surface area contributed by atoms with Crippen LogP contribution in [0.5, 0.6) is 0 Å². The summed E-state index contributed by atoms with van der Waals surface area (Å²) >= 11 is 0. The minimum atomic E-state index is -4.13. The minimum absolute atomic E-state index is 0.0318. The zero-order chi connectivity index (χ0) is 29.3. The van der Waals surface area contributed by atoms with Crippen LogP contribution in [0, 0.1) is 6.92 Å². The zero-order valence-electron chi connectivity index (χ0n) is 24.8. The standard InChI is InChI=1S/C30H53NO7S/c1-6-7-8-9-10-11-12-13-14-15-16-17-18-27(32)28(33)26(31-29(34)38-30(3,4)5)23-37-39(35,36)25-21-19-24(2)20-22-25/h19-22,26-28,32-33H,6-18,23H2,1-5H3,(H,31,34)/t26-,27-,28-/m0/s1. The van der Waals surface area contributed by atoms with Crippen LogP contribution in [0.1, 0.15) is 117 Å². The van der Waals surface area contributed by atoms with Gasteiger partial charge >= 0.3 is 6.09 Å². The Balaban J connectivity index is 2.54. The second-order valence-corrected chi connectivity index (χ2v) is 13.2. The Morgan fingerprint density at radius 3 is 1.85 bits per heavy atom. The molecule has 0 aliphatic carbocycles. The van der Waals surface area contributed by atoms with E-state index < -0.39 is 46.7 Å². The summed E-state index contributed by atoms with van der Waals surface area (Å²) in [5.41, 5.74) is 0.108. The summed E-state index contributed by atoms with van der Waals surface area (Å²) in [6.07, 6.45) is 11.2. The van der Waals surface area contributed by atoms with Gasteiger partial charge in [0.1, 0.15) is 11.7 Å². The number of ether oxygens (including phenoxy) is 1. The molecule has 0 aromatic heterocycles. The zero-order valence-corrected chi connectivity index (χ0v) is 25.6. The summed E-state index contributed by atoms with van der Waals surface area (Å²) < 4.78 is 35.7. The number of aryl methyl sites for hydroxylation is 1. The van der Waals surface area contributed by atoms with Crippen molar-refractivity contribution in [3.8, 4) is 0 Å². The van der Waals surface area contributed by atoms with Gasteiger partial charge in [-0.15, -0.1) is 0 Å². The van der Waals surface area contributed by atoms with Crippen LogP contribution in [-0.2, 0) is 19.0 Å². The van der Waals surface area contributed by atoms with Crippen molar-refractivity contribution < 1.29 is 32.3 Å². The molecule has 0 bridgehead atoms. The van der Waals surface area contributed by atoms with Crippen molar-refractivity contribution in [2.24, 2.45) is 0 Å². The van der Waals surface area contributed by atoms with Gasteiger partial charge in [-0.2, -0.15) is 8.42 Å². The Morgan fingerprint density at radius 1 is 0.872 bits per heavy atom. The number of amides is 1. The predicted octanol–water partition coefficient (Wildman–Crippen LogP) is 6.41. The number of carbonyl (C=O) groups excluding carboxylic acids is 1. The van der Waals surface area contributed by atoms with Crippen LogP contribution in [0.3, 0.4) is 0 Å². The third-order valence-corrected chi connectivity index (χ3v) is 7.87. The molecule has 9 heteroatoms. The van der Waals surface area contributed by atoms with Gasteiger partial charge in [-0.1, -0.05) is 102 Å². The lowest BCUT2D eigenvalue weighted by Gasteiger charge is -2.29. The molecule has 1 aromatic rings. The van der Waals surface area contributed by atoms with Crippen molar-refractivity contribution in [1.82, 2.24) is 5.32 Å². The lowest BCUT2D eigenvalue weighted by molar-refractivity contribution is -0.0220. The molecule has 3 N–H and O–H groups in total. The van der Waals surface area contributed by atoms with Crippen LogP contribution in [-0.4, -0.2) is 55.2 Å². The summed E-state index contributed by atoms with van der Waals surface area (Å²) in [6, 6.07) is 4.98. The molecule has 0 unspecified atom stereocenters. The fourth-order valence-electron chi connectivity index (χ4n) is 4.25. The molecule has 0 fully saturated rings. The summed E-state index contributed by atoms with van der Waals surface area (Å²) in [5.74, 6) is 0. The van der Waals surface area contributed by atoms with E-state index in [9.17, 15) is 23.4 Å². The van der Waals surface area contributed by atoms with Gasteiger partial charge < -0.3 is 20.3 Å². The number of hydrogen-bond acceptors (Lipinski definition) is 7. The Kier molecular flexibility index (Phi) is 16.9. The Morgan fingerprint density at radius 2 is 1.36 bits per heavy atom. The SMILES string of the molecule is CCCCCCCCCCCCCC[C@H](O)[C@@H](O)[C@H](COS(=O)(=O)c1ccc(C)cc1)NC(=O)OC(C)(C)C. The van der Waals surface area contributed by atoms with Crippen LogP contribution >= 0.6 is 0 Å². The first-order valence-electron chi connectivity index (χ1n) is 14.7. The monoisotopic (exact) mass is 571 g/mol. The summed E-state index contributed by atoms with van der Waals surface area (Å²) in [6.45, 7) is 8.60. The molecule has 226 valence electrons. The first-order valence-corrected chi connectivity index (χ1v) is 16.1. The van der Waals surface area contributed by atoms with Gasteiger partial charge in [-0.3, -0.25) is 4.18 Å². The molecule has 1 aromatic carbocycles. The largest absolute Gasteiger partial charge is 0.444 e. The predicted molar refractivity (Wildman–Crippen MR) is 155 cm³/mol. The van der Waals surface area contributed by atoms with E-state index in [1.54, 1.807) is 32.9 Å². The number of alkyl carbamates (subject to hydrolysis) is 1. The molecule has 0 radical (unpaired) electrons. The third-order valence-electron chi connectivity index (χ3n) is 6.57. The highest BCUT2D eigenvalue weighted by atomic mass is 32.2. The van der Waals surface area contributed by atoms with Crippen molar-refractivity contribution in [1.29, 1.82) is 0 Å². The quantitative estimate of drug-likeness (QED) is 0.122. The molecule has 1 amide bonds. The second kappa shape index (κ2) is 18.6. The highest BCUT2D eigenvalue weighted by Crippen LogP contribution is 2.18. The Hall–Kier alpha value is -1.68. The number of hydrogen-bond donors (Lipinski definition) is 3. The van der Waals surface area contributed by atoms with Crippen LogP contribution in [0.4, 0.5) is 4.79 Å². The third kappa shape index (κ3) is 16.2. The van der Waals surface area contributed by atoms with E-state index in [1.165, 1.54) is 63.5 Å². The molecule has 8 nitrogen and oxygen atoms in total. The first-order chi connectivity index (χ1) is 18.4. The molecule has 0 aliphatic rings. The normalized spacial score (nSPS) is 14.5. The number of benzene rings is 1. The first kappa shape index (κ1) is 35.3. The van der Waals surface area contributed by atoms with Gasteiger partial charge in [-0.05, 0) is 46.2 Å². The van der Waals surface area contributed by atoms with Crippen LogP contribution in [0.15, 0.2) is 29.2 Å². The lowest BCUT2D eigenvalue weighted by Crippen LogP contribution is -2.52. The smallest absolute Gasteiger partial charge is 0.408 e. The highest BCUT2D eigenvalue weighted by molar-refractivity contribution is 7.86. The van der Waals surface area contributed by atoms with Crippen molar-refractivity contribution in [3.05, 3.63) is 29.8 Å². The van der Waals surface area contributed by atoms with Gasteiger partial charge in [0.2, 0.25) is 0 Å². The van der Waals surface area contributed by atoms with E-state index in [1.807, 2.05) is 6.92 Å². The molecule has 0 spiro atoms. The van der Waals surface area contributed by atoms with E-state index >= 15 is 0 Å². The van der Waals surface area contributed by atoms with Crippen molar-refractivity contribution in [3.63, 3.8) is 0 Å². The average molecular weight is 572 g/mol. The van der Waals surface area contributed by atoms with Crippen molar-refractivity contribution in [2.75, 3.05) is 6.61 Å². The molecule has 3 atom stereocenters. The van der Waals surface area contributed by atoms with Crippen LogP contribution in [0.25, 0.3) is 0 Å². The average Bonchev–Trinajstić information content (AvgIpc) is 2.85. The van der Waals surface area contributed by atoms with Crippen molar-refractivity contribution >= 4 is 16.2 Å². The highest BCUT2D eigenvalue weighted by Gasteiger charge is 2.31. The van der Waals surface area contributed by atoms with Gasteiger partial charge in [-0.25, -0.2) is 4.79 Å². The molecular weight excluding hydrogens is 518 g/mol. The molecular formula is C30H53NO7S. The van der Waals surface area contributed by atoms with Crippen LogP contribution in [0.2, 0.25) is 0 Å². The number of unbranched alkanes of at least 4 members (excludes halogenated alkanes) is 11.